The van der Waals surface area contributed by atoms with E-state index >= 15 is 0 Å². The third-order valence-corrected chi connectivity index (χ3v) is 9.39. The quantitative estimate of drug-likeness (QED) is 0.778. The fourth-order valence-electron chi connectivity index (χ4n) is 5.95. The number of likely N-dealkylation sites (tertiary alicyclic amines) is 1. The first kappa shape index (κ1) is 18.1. The lowest BCUT2D eigenvalue weighted by molar-refractivity contribution is 0.00873. The SMILES string of the molecule is Cc1cc(S(=O)(=O)N2CCC3(CCC(N4C[C@@H]5CC4CO5)C3)CC2)n(C)n1. The molecule has 3 saturated heterocycles. The fourth-order valence-corrected chi connectivity index (χ4v) is 7.57. The lowest BCUT2D eigenvalue weighted by Crippen LogP contribution is -2.45. The number of aryl methyl sites for hydroxylation is 2. The Morgan fingerprint density at radius 3 is 2.59 bits per heavy atom. The third kappa shape index (κ3) is 2.96. The Morgan fingerprint density at radius 2 is 2.00 bits per heavy atom. The van der Waals surface area contributed by atoms with Crippen LogP contribution in [0.4, 0.5) is 0 Å². The van der Waals surface area contributed by atoms with Gasteiger partial charge in [-0.3, -0.25) is 9.58 Å². The maximum Gasteiger partial charge on any atom is 0.260 e. The van der Waals surface area contributed by atoms with E-state index in [4.69, 9.17) is 4.74 Å². The number of hydrogen-bond donors (Lipinski definition) is 0. The van der Waals surface area contributed by atoms with Crippen LogP contribution in [0, 0.1) is 12.3 Å². The van der Waals surface area contributed by atoms with Gasteiger partial charge < -0.3 is 4.74 Å². The number of nitrogens with zero attached hydrogens (tertiary/aromatic N) is 4. The van der Waals surface area contributed by atoms with Gasteiger partial charge in [-0.05, 0) is 56.9 Å². The van der Waals surface area contributed by atoms with Gasteiger partial charge in [0.25, 0.3) is 10.0 Å². The van der Waals surface area contributed by atoms with E-state index in [1.54, 1.807) is 17.4 Å². The summed E-state index contributed by atoms with van der Waals surface area (Å²) in [6.07, 6.45) is 7.37. The molecule has 2 bridgehead atoms. The molecule has 3 aliphatic heterocycles. The van der Waals surface area contributed by atoms with Gasteiger partial charge in [-0.1, -0.05) is 0 Å². The highest BCUT2D eigenvalue weighted by atomic mass is 32.2. The molecule has 27 heavy (non-hydrogen) atoms. The first-order valence-electron chi connectivity index (χ1n) is 10.2. The third-order valence-electron chi connectivity index (χ3n) is 7.43. The van der Waals surface area contributed by atoms with Crippen LogP contribution in [-0.4, -0.2) is 71.8 Å². The van der Waals surface area contributed by atoms with Crippen molar-refractivity contribution in [3.8, 4) is 0 Å². The summed E-state index contributed by atoms with van der Waals surface area (Å²) in [5.41, 5.74) is 1.08. The van der Waals surface area contributed by atoms with Crippen molar-refractivity contribution in [1.29, 1.82) is 0 Å². The maximum atomic E-state index is 13.0. The highest BCUT2D eigenvalue weighted by Gasteiger charge is 2.49. The van der Waals surface area contributed by atoms with Crippen molar-refractivity contribution < 1.29 is 13.2 Å². The van der Waals surface area contributed by atoms with Crippen LogP contribution in [0.3, 0.4) is 0 Å². The summed E-state index contributed by atoms with van der Waals surface area (Å²) < 4.78 is 35.0. The maximum absolute atomic E-state index is 13.0. The molecule has 3 atom stereocenters. The van der Waals surface area contributed by atoms with E-state index in [0.29, 0.717) is 41.7 Å². The number of rotatable bonds is 3. The van der Waals surface area contributed by atoms with Gasteiger partial charge in [0, 0.05) is 38.8 Å². The van der Waals surface area contributed by atoms with Gasteiger partial charge in [-0.2, -0.15) is 9.40 Å². The Balaban J connectivity index is 1.25. The number of morpholine rings is 1. The van der Waals surface area contributed by atoms with E-state index in [-0.39, 0.29) is 0 Å². The van der Waals surface area contributed by atoms with Gasteiger partial charge in [0.1, 0.15) is 0 Å². The van der Waals surface area contributed by atoms with Gasteiger partial charge in [0.05, 0.1) is 18.4 Å². The van der Waals surface area contributed by atoms with Crippen LogP contribution in [0.2, 0.25) is 0 Å². The normalized spacial score (nSPS) is 34.1. The van der Waals surface area contributed by atoms with Crippen molar-refractivity contribution in [2.45, 2.75) is 68.7 Å². The summed E-state index contributed by atoms with van der Waals surface area (Å²) in [7, 11) is -1.74. The van der Waals surface area contributed by atoms with Gasteiger partial charge in [-0.25, -0.2) is 8.42 Å². The summed E-state index contributed by atoms with van der Waals surface area (Å²) in [5.74, 6) is 0. The molecule has 5 rings (SSSR count). The topological polar surface area (TPSA) is 67.7 Å². The lowest BCUT2D eigenvalue weighted by Gasteiger charge is -2.40. The van der Waals surface area contributed by atoms with Gasteiger partial charge in [0.15, 0.2) is 5.03 Å². The molecule has 1 aromatic rings. The lowest BCUT2D eigenvalue weighted by atomic mass is 9.77. The molecule has 150 valence electrons. The Hall–Kier alpha value is -0.960. The second kappa shape index (κ2) is 6.27. The van der Waals surface area contributed by atoms with Crippen LogP contribution in [0.15, 0.2) is 11.1 Å². The zero-order valence-corrected chi connectivity index (χ0v) is 17.1. The molecular formula is C19H30N4O3S. The average molecular weight is 395 g/mol. The van der Waals surface area contributed by atoms with Crippen molar-refractivity contribution in [2.24, 2.45) is 12.5 Å². The van der Waals surface area contributed by atoms with Gasteiger partial charge in [0.2, 0.25) is 0 Å². The highest BCUT2D eigenvalue weighted by molar-refractivity contribution is 7.89. The standard InChI is InChI=1S/C19H30N4O3S/c1-14-9-18(21(2)20-14)27(24,25)22-7-5-19(6-8-22)4-3-15(11-19)23-12-17-10-16(23)13-26-17/h9,15-17H,3-8,10-13H2,1-2H3/t15?,16?,17-/m0/s1. The zero-order valence-electron chi connectivity index (χ0n) is 16.3. The molecule has 7 nitrogen and oxygen atoms in total. The van der Waals surface area contributed by atoms with Crippen LogP contribution >= 0.6 is 0 Å². The molecule has 0 aromatic carbocycles. The molecule has 8 heteroatoms. The molecule has 0 radical (unpaired) electrons. The minimum Gasteiger partial charge on any atom is -0.375 e. The Morgan fingerprint density at radius 1 is 1.22 bits per heavy atom. The van der Waals surface area contributed by atoms with Gasteiger partial charge >= 0.3 is 0 Å². The number of sulfonamides is 1. The van der Waals surface area contributed by atoms with Crippen LogP contribution in [-0.2, 0) is 21.8 Å². The Bertz CT molecular complexity index is 828. The summed E-state index contributed by atoms with van der Waals surface area (Å²) >= 11 is 0. The van der Waals surface area contributed by atoms with Crippen LogP contribution in [0.25, 0.3) is 0 Å². The number of piperidine rings is 1. The Labute approximate surface area is 161 Å². The van der Waals surface area contributed by atoms with Crippen LogP contribution < -0.4 is 0 Å². The number of aromatic nitrogens is 2. The monoisotopic (exact) mass is 394 g/mol. The molecule has 1 spiro atoms. The predicted molar refractivity (Wildman–Crippen MR) is 101 cm³/mol. The van der Waals surface area contributed by atoms with Crippen molar-refractivity contribution in [3.63, 3.8) is 0 Å². The minimum absolute atomic E-state index is 0.313. The molecule has 0 amide bonds. The van der Waals surface area contributed by atoms with Crippen LogP contribution in [0.1, 0.15) is 44.2 Å². The van der Waals surface area contributed by atoms with E-state index in [9.17, 15) is 8.42 Å². The van der Waals surface area contributed by atoms with Crippen LogP contribution in [0.5, 0.6) is 0 Å². The fraction of sp³-hybridized carbons (Fsp3) is 0.842. The summed E-state index contributed by atoms with van der Waals surface area (Å²) in [4.78, 5) is 2.70. The predicted octanol–water partition coefficient (Wildman–Crippen LogP) is 1.53. The minimum atomic E-state index is -3.45. The van der Waals surface area contributed by atoms with Crippen molar-refractivity contribution in [3.05, 3.63) is 11.8 Å². The second-order valence-electron chi connectivity index (χ2n) is 9.09. The summed E-state index contributed by atoms with van der Waals surface area (Å²) in [5, 5.41) is 4.52. The molecule has 2 unspecified atom stereocenters. The van der Waals surface area contributed by atoms with E-state index in [0.717, 1.165) is 31.7 Å². The molecule has 0 N–H and O–H groups in total. The summed E-state index contributed by atoms with van der Waals surface area (Å²) in [6.45, 7) is 5.11. The van der Waals surface area contributed by atoms with E-state index < -0.39 is 10.0 Å². The molecule has 1 aromatic heterocycles. The van der Waals surface area contributed by atoms with E-state index in [2.05, 4.69) is 10.00 Å². The highest BCUT2D eigenvalue weighted by Crippen LogP contribution is 2.49. The molecular weight excluding hydrogens is 364 g/mol. The number of hydrogen-bond acceptors (Lipinski definition) is 5. The number of ether oxygens (including phenoxy) is 1. The largest absolute Gasteiger partial charge is 0.375 e. The van der Waals surface area contributed by atoms with Crippen molar-refractivity contribution >= 4 is 10.0 Å². The molecule has 1 aliphatic carbocycles. The Kier molecular flexibility index (Phi) is 4.20. The van der Waals surface area contributed by atoms with E-state index in [1.807, 2.05) is 6.92 Å². The number of fused-ring (bicyclic) bond motifs is 2. The first-order chi connectivity index (χ1) is 12.9. The molecule has 1 saturated carbocycles. The van der Waals surface area contributed by atoms with E-state index in [1.165, 1.54) is 30.4 Å². The molecule has 4 fully saturated rings. The molecule has 4 aliphatic rings. The molecule has 4 heterocycles. The smallest absolute Gasteiger partial charge is 0.260 e. The van der Waals surface area contributed by atoms with Crippen molar-refractivity contribution in [2.75, 3.05) is 26.2 Å². The first-order valence-corrected chi connectivity index (χ1v) is 11.7. The summed E-state index contributed by atoms with van der Waals surface area (Å²) in [6, 6.07) is 2.98. The van der Waals surface area contributed by atoms with Crippen molar-refractivity contribution in [1.82, 2.24) is 19.0 Å². The van der Waals surface area contributed by atoms with Gasteiger partial charge in [-0.15, -0.1) is 0 Å². The zero-order chi connectivity index (χ0) is 18.8. The second-order valence-corrected chi connectivity index (χ2v) is 11.0. The average Bonchev–Trinajstić information content (AvgIpc) is 3.40.